The van der Waals surface area contributed by atoms with Crippen LogP contribution in [0.5, 0.6) is 0 Å². The number of rotatable bonds is 2. The lowest BCUT2D eigenvalue weighted by molar-refractivity contribution is 0.798. The average Bonchev–Trinajstić information content (AvgIpc) is 2.62. The van der Waals surface area contributed by atoms with Crippen LogP contribution in [-0.2, 0) is 6.54 Å². The fourth-order valence-corrected chi connectivity index (χ4v) is 1.64. The Kier molecular flexibility index (Phi) is 3.14. The molecule has 2 rings (SSSR count). The second kappa shape index (κ2) is 4.56. The van der Waals surface area contributed by atoms with Gasteiger partial charge in [0.2, 0.25) is 0 Å². The molecule has 0 amide bonds. The zero-order valence-corrected chi connectivity index (χ0v) is 9.70. The van der Waals surface area contributed by atoms with Crippen molar-refractivity contribution in [2.75, 3.05) is 0 Å². The predicted molar refractivity (Wildman–Crippen MR) is 62.5 cm³/mol. The first-order chi connectivity index (χ1) is 7.70. The van der Waals surface area contributed by atoms with Gasteiger partial charge in [-0.3, -0.25) is 0 Å². The van der Waals surface area contributed by atoms with Gasteiger partial charge < -0.3 is 4.57 Å². The van der Waals surface area contributed by atoms with Crippen molar-refractivity contribution in [1.29, 1.82) is 5.26 Å². The highest BCUT2D eigenvalue weighted by molar-refractivity contribution is 6.40. The first-order valence-corrected chi connectivity index (χ1v) is 5.31. The first kappa shape index (κ1) is 11.0. The van der Waals surface area contributed by atoms with Gasteiger partial charge in [0, 0.05) is 6.54 Å². The van der Waals surface area contributed by atoms with Gasteiger partial charge >= 0.3 is 0 Å². The Bertz CT molecular complexity index is 537. The molecule has 1 heterocycles. The van der Waals surface area contributed by atoms with E-state index in [0.717, 1.165) is 5.56 Å². The van der Waals surface area contributed by atoms with Crippen molar-refractivity contribution in [2.45, 2.75) is 6.54 Å². The Labute approximate surface area is 103 Å². The van der Waals surface area contributed by atoms with E-state index in [2.05, 4.69) is 11.1 Å². The van der Waals surface area contributed by atoms with Gasteiger partial charge in [-0.2, -0.15) is 5.26 Å². The number of halogens is 2. The maximum atomic E-state index is 8.66. The maximum absolute atomic E-state index is 8.66. The van der Waals surface area contributed by atoms with E-state index in [1.165, 1.54) is 0 Å². The van der Waals surface area contributed by atoms with Crippen LogP contribution in [0.1, 0.15) is 11.1 Å². The third-order valence-corrected chi connectivity index (χ3v) is 2.94. The lowest BCUT2D eigenvalue weighted by Crippen LogP contribution is -1.97. The van der Waals surface area contributed by atoms with Gasteiger partial charge in [-0.1, -0.05) is 35.3 Å². The van der Waals surface area contributed by atoms with Crippen molar-refractivity contribution in [3.63, 3.8) is 0 Å². The van der Waals surface area contributed by atoms with E-state index < -0.39 is 0 Å². The number of hydrogen-bond acceptors (Lipinski definition) is 2. The number of aromatic nitrogens is 2. The summed E-state index contributed by atoms with van der Waals surface area (Å²) in [4.78, 5) is 3.89. The first-order valence-electron chi connectivity index (χ1n) is 4.56. The highest BCUT2D eigenvalue weighted by Crippen LogP contribution is 2.20. The predicted octanol–water partition coefficient (Wildman–Crippen LogP) is 3.11. The van der Waals surface area contributed by atoms with Gasteiger partial charge in [-0.05, 0) is 17.7 Å². The Morgan fingerprint density at radius 2 is 1.94 bits per heavy atom. The van der Waals surface area contributed by atoms with Crippen molar-refractivity contribution < 1.29 is 0 Å². The van der Waals surface area contributed by atoms with Gasteiger partial charge in [-0.15, -0.1) is 0 Å². The molecule has 0 aliphatic rings. The van der Waals surface area contributed by atoms with Crippen LogP contribution in [-0.4, -0.2) is 9.55 Å². The molecular formula is C11H7Cl2N3. The minimum Gasteiger partial charge on any atom is -0.316 e. The molecule has 0 radical (unpaired) electrons. The highest BCUT2D eigenvalue weighted by Gasteiger charge is 2.06. The summed E-state index contributed by atoms with van der Waals surface area (Å²) in [5.41, 5.74) is 1.67. The maximum Gasteiger partial charge on any atom is 0.166 e. The molecule has 0 atom stereocenters. The minimum absolute atomic E-state index is 0.301. The molecule has 0 spiro atoms. The lowest BCUT2D eigenvalue weighted by atomic mass is 10.1. The monoisotopic (exact) mass is 251 g/mol. The van der Waals surface area contributed by atoms with Crippen molar-refractivity contribution in [1.82, 2.24) is 9.55 Å². The van der Waals surface area contributed by atoms with Gasteiger partial charge in [0.15, 0.2) is 5.15 Å². The van der Waals surface area contributed by atoms with Gasteiger partial charge in [-0.25, -0.2) is 4.98 Å². The summed E-state index contributed by atoms with van der Waals surface area (Å²) >= 11 is 11.7. The summed E-state index contributed by atoms with van der Waals surface area (Å²) in [7, 11) is 0. The Hall–Kier alpha value is -1.50. The lowest BCUT2D eigenvalue weighted by Gasteiger charge is -2.03. The molecule has 0 saturated carbocycles. The molecule has 0 aliphatic heterocycles. The average molecular weight is 252 g/mol. The van der Waals surface area contributed by atoms with Crippen LogP contribution in [0.2, 0.25) is 10.3 Å². The smallest absolute Gasteiger partial charge is 0.166 e. The second-order valence-electron chi connectivity index (χ2n) is 3.26. The van der Waals surface area contributed by atoms with Gasteiger partial charge in [0.25, 0.3) is 0 Å². The van der Waals surface area contributed by atoms with Crippen LogP contribution >= 0.6 is 23.2 Å². The molecule has 80 valence electrons. The van der Waals surface area contributed by atoms with Gasteiger partial charge in [0.1, 0.15) is 5.15 Å². The molecule has 0 N–H and O–H groups in total. The van der Waals surface area contributed by atoms with Crippen molar-refractivity contribution in [2.24, 2.45) is 0 Å². The van der Waals surface area contributed by atoms with E-state index in [-0.39, 0.29) is 0 Å². The molecule has 0 bridgehead atoms. The van der Waals surface area contributed by atoms with Crippen molar-refractivity contribution >= 4 is 23.2 Å². The van der Waals surface area contributed by atoms with Crippen molar-refractivity contribution in [3.8, 4) is 6.07 Å². The topological polar surface area (TPSA) is 41.6 Å². The molecule has 1 aromatic heterocycles. The summed E-state index contributed by atoms with van der Waals surface area (Å²) in [6.45, 7) is 0.588. The van der Waals surface area contributed by atoms with Crippen LogP contribution in [0, 0.1) is 11.3 Å². The van der Waals surface area contributed by atoms with E-state index >= 15 is 0 Å². The van der Waals surface area contributed by atoms with Crippen LogP contribution in [0.4, 0.5) is 0 Å². The molecule has 0 aliphatic carbocycles. The Morgan fingerprint density at radius 1 is 1.25 bits per heavy atom. The summed E-state index contributed by atoms with van der Waals surface area (Å²) < 4.78 is 1.74. The molecule has 3 nitrogen and oxygen atoms in total. The molecule has 2 aromatic rings. The van der Waals surface area contributed by atoms with Crippen molar-refractivity contribution in [3.05, 3.63) is 52.0 Å². The molecule has 16 heavy (non-hydrogen) atoms. The van der Waals surface area contributed by atoms with Crippen LogP contribution in [0.3, 0.4) is 0 Å². The van der Waals surface area contributed by atoms with E-state index in [4.69, 9.17) is 28.5 Å². The highest BCUT2D eigenvalue weighted by atomic mass is 35.5. The second-order valence-corrected chi connectivity index (χ2v) is 3.98. The summed E-state index contributed by atoms with van der Waals surface area (Å²) in [5.74, 6) is 0. The fourth-order valence-electron chi connectivity index (χ4n) is 1.33. The largest absolute Gasteiger partial charge is 0.316 e. The number of hydrogen-bond donors (Lipinski definition) is 0. The molecule has 1 aromatic carbocycles. The summed E-state index contributed by atoms with van der Waals surface area (Å²) in [6, 6.07) is 9.35. The number of imidazole rings is 1. The van der Waals surface area contributed by atoms with E-state index in [0.29, 0.717) is 22.4 Å². The number of nitrogens with zero attached hydrogens (tertiary/aromatic N) is 3. The third kappa shape index (κ3) is 2.19. The number of benzene rings is 1. The quantitative estimate of drug-likeness (QED) is 0.823. The summed E-state index contributed by atoms with van der Waals surface area (Å²) in [5, 5.41) is 9.39. The standard InChI is InChI=1S/C11H7Cl2N3/c12-10-11(13)16(7-15-10)6-9-3-1-8(5-14)2-4-9/h1-4,7H,6H2. The zero-order chi connectivity index (χ0) is 11.5. The van der Waals surface area contributed by atoms with Crippen LogP contribution in [0.15, 0.2) is 30.6 Å². The molecule has 0 unspecified atom stereocenters. The van der Waals surface area contributed by atoms with Crippen LogP contribution in [0.25, 0.3) is 0 Å². The summed E-state index contributed by atoms with van der Waals surface area (Å²) in [6.07, 6.45) is 1.59. The molecule has 5 heteroatoms. The fraction of sp³-hybridized carbons (Fsp3) is 0.0909. The third-order valence-electron chi connectivity index (χ3n) is 2.17. The number of nitriles is 1. The van der Waals surface area contributed by atoms with E-state index in [9.17, 15) is 0 Å². The Morgan fingerprint density at radius 3 is 2.44 bits per heavy atom. The minimum atomic E-state index is 0.301. The molecule has 0 saturated heterocycles. The Balaban J connectivity index is 2.21. The normalized spacial score (nSPS) is 10.1. The molecule has 0 fully saturated rings. The van der Waals surface area contributed by atoms with Gasteiger partial charge in [0.05, 0.1) is 18.0 Å². The SMILES string of the molecule is N#Cc1ccc(Cn2cnc(Cl)c2Cl)cc1. The molecular weight excluding hydrogens is 245 g/mol. The van der Waals surface area contributed by atoms with Crippen LogP contribution < -0.4 is 0 Å². The van der Waals surface area contributed by atoms with E-state index in [1.807, 2.05) is 12.1 Å². The van der Waals surface area contributed by atoms with E-state index in [1.54, 1.807) is 23.0 Å². The zero-order valence-electron chi connectivity index (χ0n) is 8.19.